The summed E-state index contributed by atoms with van der Waals surface area (Å²) in [5.41, 5.74) is -0.893. The van der Waals surface area contributed by atoms with Gasteiger partial charge in [0.1, 0.15) is 5.69 Å². The highest BCUT2D eigenvalue weighted by Crippen LogP contribution is 2.36. The monoisotopic (exact) mass is 442 g/mol. The third-order valence-electron chi connectivity index (χ3n) is 4.71. The fourth-order valence-corrected chi connectivity index (χ4v) is 3.32. The molecule has 1 aliphatic rings. The predicted molar refractivity (Wildman–Crippen MR) is 107 cm³/mol. The minimum absolute atomic E-state index is 0.131. The van der Waals surface area contributed by atoms with Crippen LogP contribution in [0.4, 0.5) is 30.2 Å². The van der Waals surface area contributed by atoms with Crippen LogP contribution in [0, 0.1) is 10.1 Å². The smallest absolute Gasteiger partial charge is 0.363 e. The van der Waals surface area contributed by atoms with Crippen LogP contribution >= 0.6 is 11.6 Å². The third kappa shape index (κ3) is 5.39. The minimum atomic E-state index is -4.65. The van der Waals surface area contributed by atoms with Crippen molar-refractivity contribution >= 4 is 34.6 Å². The lowest BCUT2D eigenvalue weighted by molar-refractivity contribution is -0.384. The first-order valence-corrected chi connectivity index (χ1v) is 9.39. The number of alkyl halides is 3. The van der Waals surface area contributed by atoms with Gasteiger partial charge in [-0.3, -0.25) is 19.8 Å². The van der Waals surface area contributed by atoms with E-state index in [1.807, 2.05) is 4.90 Å². The average molecular weight is 443 g/mol. The summed E-state index contributed by atoms with van der Waals surface area (Å²) in [6.07, 6.45) is -4.65. The number of hydrogen-bond acceptors (Lipinski definition) is 5. The van der Waals surface area contributed by atoms with Gasteiger partial charge in [0.05, 0.1) is 17.0 Å². The number of anilines is 2. The molecule has 0 radical (unpaired) electrons. The first-order chi connectivity index (χ1) is 14.1. The van der Waals surface area contributed by atoms with Gasteiger partial charge >= 0.3 is 6.18 Å². The quantitative estimate of drug-likeness (QED) is 0.558. The zero-order chi connectivity index (χ0) is 21.9. The second-order valence-electron chi connectivity index (χ2n) is 6.78. The number of nitro groups is 1. The number of nitrogens with one attached hydrogen (secondary N) is 1. The fraction of sp³-hybridized carbons (Fsp3) is 0.316. The molecule has 1 amide bonds. The number of rotatable bonds is 5. The maximum Gasteiger partial charge on any atom is 0.416 e. The lowest BCUT2D eigenvalue weighted by atomic mass is 10.1. The summed E-state index contributed by atoms with van der Waals surface area (Å²) in [4.78, 5) is 26.2. The van der Waals surface area contributed by atoms with Crippen molar-refractivity contribution in [1.82, 2.24) is 4.90 Å². The van der Waals surface area contributed by atoms with E-state index in [0.29, 0.717) is 43.0 Å². The fourth-order valence-electron chi connectivity index (χ4n) is 3.20. The van der Waals surface area contributed by atoms with Crippen LogP contribution in [0.2, 0.25) is 5.02 Å². The van der Waals surface area contributed by atoms with Gasteiger partial charge in [0.15, 0.2) is 0 Å². The molecular formula is C19H18ClF3N4O3. The second kappa shape index (κ2) is 8.88. The van der Waals surface area contributed by atoms with Crippen LogP contribution in [-0.2, 0) is 11.0 Å². The van der Waals surface area contributed by atoms with Crippen molar-refractivity contribution in [3.63, 3.8) is 0 Å². The standard InChI is InChI=1S/C19H18ClF3N4O3/c20-14-2-4-15(5-3-14)24-18(28)12-25-7-9-26(10-8-25)16-6-1-13(19(21,22)23)11-17(16)27(29)30/h1-6,11H,7-10,12H2,(H,24,28). The summed E-state index contributed by atoms with van der Waals surface area (Å²) in [6, 6.07) is 9.21. The molecule has 11 heteroatoms. The molecule has 1 fully saturated rings. The number of carbonyl (C=O) groups excluding carboxylic acids is 1. The summed E-state index contributed by atoms with van der Waals surface area (Å²) in [5.74, 6) is -0.216. The van der Waals surface area contributed by atoms with Crippen molar-refractivity contribution in [3.8, 4) is 0 Å². The zero-order valence-corrected chi connectivity index (χ0v) is 16.4. The van der Waals surface area contributed by atoms with Crippen LogP contribution in [0.1, 0.15) is 5.56 Å². The molecule has 7 nitrogen and oxygen atoms in total. The van der Waals surface area contributed by atoms with Gasteiger partial charge in [-0.05, 0) is 36.4 Å². The Morgan fingerprint density at radius 2 is 1.73 bits per heavy atom. The van der Waals surface area contributed by atoms with E-state index < -0.39 is 22.4 Å². The minimum Gasteiger partial charge on any atom is -0.363 e. The third-order valence-corrected chi connectivity index (χ3v) is 4.96. The van der Waals surface area contributed by atoms with Gasteiger partial charge in [0.25, 0.3) is 5.69 Å². The molecular weight excluding hydrogens is 425 g/mol. The van der Waals surface area contributed by atoms with E-state index in [4.69, 9.17) is 11.6 Å². The molecule has 0 spiro atoms. The van der Waals surface area contributed by atoms with Gasteiger partial charge in [-0.2, -0.15) is 13.2 Å². The highest BCUT2D eigenvalue weighted by molar-refractivity contribution is 6.30. The van der Waals surface area contributed by atoms with E-state index >= 15 is 0 Å². The van der Waals surface area contributed by atoms with Gasteiger partial charge < -0.3 is 10.2 Å². The SMILES string of the molecule is O=C(CN1CCN(c2ccc(C(F)(F)F)cc2[N+](=O)[O-])CC1)Nc1ccc(Cl)cc1. The Hall–Kier alpha value is -2.85. The van der Waals surface area contributed by atoms with E-state index in [1.54, 1.807) is 29.2 Å². The molecule has 2 aromatic carbocycles. The summed E-state index contributed by atoms with van der Waals surface area (Å²) in [7, 11) is 0. The van der Waals surface area contributed by atoms with Gasteiger partial charge in [0.2, 0.25) is 5.91 Å². The molecule has 0 aliphatic carbocycles. The lowest BCUT2D eigenvalue weighted by Gasteiger charge is -2.35. The molecule has 0 aromatic heterocycles. The van der Waals surface area contributed by atoms with Gasteiger partial charge in [-0.15, -0.1) is 0 Å². The van der Waals surface area contributed by atoms with E-state index in [0.717, 1.165) is 12.1 Å². The number of amides is 1. The summed E-state index contributed by atoms with van der Waals surface area (Å²) < 4.78 is 38.6. The highest BCUT2D eigenvalue weighted by Gasteiger charge is 2.34. The average Bonchev–Trinajstić information content (AvgIpc) is 2.69. The Labute approximate surface area is 175 Å². The number of nitrogens with zero attached hydrogens (tertiary/aromatic N) is 3. The molecule has 0 unspecified atom stereocenters. The van der Waals surface area contributed by atoms with Crippen molar-refractivity contribution < 1.29 is 22.9 Å². The molecule has 1 heterocycles. The number of halogens is 4. The molecule has 0 saturated carbocycles. The number of benzene rings is 2. The van der Waals surface area contributed by atoms with Crippen molar-refractivity contribution in [1.29, 1.82) is 0 Å². The second-order valence-corrected chi connectivity index (χ2v) is 7.21. The van der Waals surface area contributed by atoms with Crippen LogP contribution in [0.15, 0.2) is 42.5 Å². The van der Waals surface area contributed by atoms with Gasteiger partial charge in [-0.1, -0.05) is 11.6 Å². The highest BCUT2D eigenvalue weighted by atomic mass is 35.5. The summed E-state index contributed by atoms with van der Waals surface area (Å²) >= 11 is 5.81. The van der Waals surface area contributed by atoms with Crippen molar-refractivity contribution in [3.05, 3.63) is 63.2 Å². The van der Waals surface area contributed by atoms with Crippen molar-refractivity contribution in [2.45, 2.75) is 6.18 Å². The van der Waals surface area contributed by atoms with Crippen molar-refractivity contribution in [2.75, 3.05) is 42.9 Å². The number of hydrogen-bond donors (Lipinski definition) is 1. The number of piperazine rings is 1. The number of nitro benzene ring substituents is 1. The van der Waals surface area contributed by atoms with Crippen LogP contribution in [0.5, 0.6) is 0 Å². The zero-order valence-electron chi connectivity index (χ0n) is 15.7. The summed E-state index contributed by atoms with van der Waals surface area (Å²) in [5, 5.41) is 14.6. The van der Waals surface area contributed by atoms with Gasteiger partial charge in [-0.25, -0.2) is 0 Å². The van der Waals surface area contributed by atoms with E-state index in [9.17, 15) is 28.1 Å². The molecule has 0 atom stereocenters. The number of carbonyl (C=O) groups is 1. The first-order valence-electron chi connectivity index (χ1n) is 9.02. The molecule has 1 saturated heterocycles. The lowest BCUT2D eigenvalue weighted by Crippen LogP contribution is -2.48. The summed E-state index contributed by atoms with van der Waals surface area (Å²) in [6.45, 7) is 1.70. The molecule has 160 valence electrons. The van der Waals surface area contributed by atoms with Crippen LogP contribution in [0.25, 0.3) is 0 Å². The first kappa shape index (κ1) is 21.8. The molecule has 1 N–H and O–H groups in total. The molecule has 30 heavy (non-hydrogen) atoms. The maximum atomic E-state index is 12.9. The Morgan fingerprint density at radius 1 is 1.10 bits per heavy atom. The predicted octanol–water partition coefficient (Wildman–Crippen LogP) is 4.03. The largest absolute Gasteiger partial charge is 0.416 e. The van der Waals surface area contributed by atoms with Gasteiger partial charge in [0, 0.05) is 43.0 Å². The Morgan fingerprint density at radius 3 is 2.30 bits per heavy atom. The molecule has 3 rings (SSSR count). The normalized spacial score (nSPS) is 15.1. The molecule has 2 aromatic rings. The molecule has 1 aliphatic heterocycles. The Balaban J connectivity index is 1.60. The van der Waals surface area contributed by atoms with Crippen LogP contribution in [0.3, 0.4) is 0 Å². The molecule has 0 bridgehead atoms. The Kier molecular flexibility index (Phi) is 6.47. The van der Waals surface area contributed by atoms with Crippen molar-refractivity contribution in [2.24, 2.45) is 0 Å². The van der Waals surface area contributed by atoms with Crippen LogP contribution < -0.4 is 10.2 Å². The maximum absolute atomic E-state index is 12.9. The van der Waals surface area contributed by atoms with Crippen LogP contribution in [-0.4, -0.2) is 48.5 Å². The topological polar surface area (TPSA) is 78.7 Å². The van der Waals surface area contributed by atoms with E-state index in [-0.39, 0.29) is 18.1 Å². The Bertz CT molecular complexity index is 930. The van der Waals surface area contributed by atoms with E-state index in [1.165, 1.54) is 0 Å². The van der Waals surface area contributed by atoms with E-state index in [2.05, 4.69) is 5.32 Å².